The number of amides is 1. The van der Waals surface area contributed by atoms with Crippen LogP contribution in [0.4, 0.5) is 26.0 Å². The molecule has 8 nitrogen and oxygen atoms in total. The Balaban J connectivity index is 1.83. The Bertz CT molecular complexity index is 1230. The molecule has 0 aliphatic carbocycles. The summed E-state index contributed by atoms with van der Waals surface area (Å²) in [6.45, 7) is -0.223. The van der Waals surface area contributed by atoms with E-state index in [-0.39, 0.29) is 28.3 Å². The van der Waals surface area contributed by atoms with E-state index in [9.17, 15) is 22.0 Å². The van der Waals surface area contributed by atoms with Gasteiger partial charge < -0.3 is 16.4 Å². The third kappa shape index (κ3) is 5.01. The molecule has 0 fully saturated rings. The van der Waals surface area contributed by atoms with Crippen LogP contribution in [0.25, 0.3) is 0 Å². The number of anilines is 3. The fraction of sp³-hybridized carbons (Fsp3) is 0.143. The number of hydrogen-bond acceptors (Lipinski definition) is 6. The smallest absolute Gasteiger partial charge is 0.252 e. The summed E-state index contributed by atoms with van der Waals surface area (Å²) in [7, 11) is -0.686. The van der Waals surface area contributed by atoms with E-state index >= 15 is 0 Å². The minimum Gasteiger partial charge on any atom is -0.380 e. The highest BCUT2D eigenvalue weighted by atomic mass is 32.2. The summed E-state index contributed by atoms with van der Waals surface area (Å²) in [6, 6.07) is 11.0. The number of halogens is 2. The summed E-state index contributed by atoms with van der Waals surface area (Å²) in [6.07, 6.45) is 1.23. The van der Waals surface area contributed by atoms with E-state index in [2.05, 4.69) is 15.6 Å². The minimum absolute atomic E-state index is 0.0414. The number of nitrogens with zero attached hydrogens (tertiary/aromatic N) is 2. The lowest BCUT2D eigenvalue weighted by Crippen LogP contribution is -2.22. The fourth-order valence-corrected chi connectivity index (χ4v) is 3.72. The molecule has 11 heteroatoms. The average Bonchev–Trinajstić information content (AvgIpc) is 2.73. The Hall–Kier alpha value is -3.57. The van der Waals surface area contributed by atoms with Crippen LogP contribution < -0.4 is 16.4 Å². The summed E-state index contributed by atoms with van der Waals surface area (Å²) in [5, 5.41) is 5.79. The van der Waals surface area contributed by atoms with Gasteiger partial charge in [0.05, 0.1) is 16.1 Å². The summed E-state index contributed by atoms with van der Waals surface area (Å²) in [4.78, 5) is 16.0. The normalized spacial score (nSPS) is 11.4. The van der Waals surface area contributed by atoms with Gasteiger partial charge in [0.15, 0.2) is 0 Å². The number of carbonyl (C=O) groups excluding carboxylic acids is 1. The zero-order valence-electron chi connectivity index (χ0n) is 17.3. The molecular formula is C21H21F2N5O3S. The first-order valence-electron chi connectivity index (χ1n) is 9.36. The zero-order valence-corrected chi connectivity index (χ0v) is 18.1. The molecule has 3 rings (SSSR count). The van der Waals surface area contributed by atoms with E-state index in [0.29, 0.717) is 11.5 Å². The molecule has 0 bridgehead atoms. The predicted octanol–water partition coefficient (Wildman–Crippen LogP) is 3.06. The minimum atomic E-state index is -3.56. The Labute approximate surface area is 184 Å². The molecule has 0 aliphatic rings. The lowest BCUT2D eigenvalue weighted by Gasteiger charge is -2.14. The van der Waals surface area contributed by atoms with Gasteiger partial charge in [-0.15, -0.1) is 0 Å². The van der Waals surface area contributed by atoms with Crippen LogP contribution in [0.2, 0.25) is 0 Å². The third-order valence-electron chi connectivity index (χ3n) is 4.59. The Morgan fingerprint density at radius 3 is 2.28 bits per heavy atom. The number of rotatable bonds is 8. The summed E-state index contributed by atoms with van der Waals surface area (Å²) in [5.74, 6) is -1.91. The van der Waals surface area contributed by atoms with E-state index in [1.54, 1.807) is 12.1 Å². The molecule has 4 N–H and O–H groups in total. The molecule has 168 valence electrons. The first kappa shape index (κ1) is 23.1. The molecule has 0 saturated heterocycles. The molecule has 3 aromatic rings. The van der Waals surface area contributed by atoms with Crippen molar-refractivity contribution in [3.63, 3.8) is 0 Å². The number of benzene rings is 2. The van der Waals surface area contributed by atoms with Crippen molar-refractivity contribution in [2.75, 3.05) is 24.7 Å². The highest BCUT2D eigenvalue weighted by Gasteiger charge is 2.17. The average molecular weight is 461 g/mol. The van der Waals surface area contributed by atoms with Gasteiger partial charge in [-0.25, -0.2) is 26.5 Å². The quantitative estimate of drug-likeness (QED) is 0.475. The second-order valence-electron chi connectivity index (χ2n) is 6.97. The maximum atomic E-state index is 13.9. The number of hydrogen-bond donors (Lipinski definition) is 3. The number of nitrogens with two attached hydrogens (primary N) is 1. The van der Waals surface area contributed by atoms with Crippen molar-refractivity contribution in [1.29, 1.82) is 0 Å². The van der Waals surface area contributed by atoms with Crippen LogP contribution in [0, 0.1) is 11.6 Å². The van der Waals surface area contributed by atoms with Crippen LogP contribution in [-0.4, -0.2) is 37.7 Å². The SMILES string of the molecule is CN(C)S(=O)(=O)c1ccc(Nc2cc(NCc3c(F)cccc3F)c(C(N)=O)cn2)cc1. The maximum absolute atomic E-state index is 13.9. The molecule has 0 radical (unpaired) electrons. The van der Waals surface area contributed by atoms with Crippen molar-refractivity contribution in [2.45, 2.75) is 11.4 Å². The van der Waals surface area contributed by atoms with E-state index in [1.165, 1.54) is 44.6 Å². The van der Waals surface area contributed by atoms with Crippen LogP contribution in [0.15, 0.2) is 59.6 Å². The van der Waals surface area contributed by atoms with Crippen molar-refractivity contribution in [3.8, 4) is 0 Å². The third-order valence-corrected chi connectivity index (χ3v) is 6.42. The van der Waals surface area contributed by atoms with Gasteiger partial charge in [-0.2, -0.15) is 0 Å². The number of carbonyl (C=O) groups is 1. The molecule has 2 aromatic carbocycles. The Kier molecular flexibility index (Phi) is 6.70. The van der Waals surface area contributed by atoms with E-state index < -0.39 is 27.6 Å². The Morgan fingerprint density at radius 1 is 1.09 bits per heavy atom. The molecule has 32 heavy (non-hydrogen) atoms. The van der Waals surface area contributed by atoms with Crippen molar-refractivity contribution < 1.29 is 22.0 Å². The van der Waals surface area contributed by atoms with Crippen LogP contribution >= 0.6 is 0 Å². The molecule has 0 aliphatic heterocycles. The first-order chi connectivity index (χ1) is 15.1. The second kappa shape index (κ2) is 9.28. The zero-order chi connectivity index (χ0) is 23.5. The first-order valence-corrected chi connectivity index (χ1v) is 10.8. The molecule has 1 amide bonds. The molecule has 0 unspecified atom stereocenters. The molecule has 1 aromatic heterocycles. The lowest BCUT2D eigenvalue weighted by atomic mass is 10.1. The van der Waals surface area contributed by atoms with Crippen LogP contribution in [0.3, 0.4) is 0 Å². The van der Waals surface area contributed by atoms with Gasteiger partial charge in [0.2, 0.25) is 10.0 Å². The van der Waals surface area contributed by atoms with E-state index in [1.807, 2.05) is 0 Å². The topological polar surface area (TPSA) is 117 Å². The van der Waals surface area contributed by atoms with Crippen molar-refractivity contribution >= 4 is 33.1 Å². The lowest BCUT2D eigenvalue weighted by molar-refractivity contribution is 0.100. The van der Waals surface area contributed by atoms with Gasteiger partial charge in [-0.1, -0.05) is 6.07 Å². The fourth-order valence-electron chi connectivity index (χ4n) is 2.82. The summed E-state index contributed by atoms with van der Waals surface area (Å²) >= 11 is 0. The van der Waals surface area contributed by atoms with Gasteiger partial charge in [0.1, 0.15) is 17.5 Å². The maximum Gasteiger partial charge on any atom is 0.252 e. The van der Waals surface area contributed by atoms with Gasteiger partial charge in [-0.05, 0) is 36.4 Å². The number of sulfonamides is 1. The standard InChI is InChI=1S/C21H21F2N5O3S/c1-28(2)32(30,31)14-8-6-13(7-9-14)27-20-10-19(16(12-26-20)21(24)29)25-11-15-17(22)4-3-5-18(15)23/h3-10,12H,11H2,1-2H3,(H2,24,29)(H2,25,26,27). The van der Waals surface area contributed by atoms with Gasteiger partial charge >= 0.3 is 0 Å². The second-order valence-corrected chi connectivity index (χ2v) is 9.12. The monoisotopic (exact) mass is 461 g/mol. The van der Waals surface area contributed by atoms with Gasteiger partial charge in [0.25, 0.3) is 5.91 Å². The van der Waals surface area contributed by atoms with Gasteiger partial charge in [-0.3, -0.25) is 4.79 Å². The molecule has 0 saturated carbocycles. The predicted molar refractivity (Wildman–Crippen MR) is 117 cm³/mol. The number of nitrogens with one attached hydrogen (secondary N) is 2. The summed E-state index contributed by atoms with van der Waals surface area (Å²) in [5.41, 5.74) is 5.99. The molecule has 1 heterocycles. The summed E-state index contributed by atoms with van der Waals surface area (Å²) < 4.78 is 53.3. The van der Waals surface area contributed by atoms with E-state index in [0.717, 1.165) is 16.4 Å². The molecule has 0 atom stereocenters. The van der Waals surface area contributed by atoms with Gasteiger partial charge in [0, 0.05) is 44.2 Å². The van der Waals surface area contributed by atoms with Crippen LogP contribution in [0.1, 0.15) is 15.9 Å². The van der Waals surface area contributed by atoms with Crippen LogP contribution in [0.5, 0.6) is 0 Å². The van der Waals surface area contributed by atoms with E-state index in [4.69, 9.17) is 5.73 Å². The van der Waals surface area contributed by atoms with Crippen molar-refractivity contribution in [2.24, 2.45) is 5.73 Å². The van der Waals surface area contributed by atoms with Crippen molar-refractivity contribution in [1.82, 2.24) is 9.29 Å². The largest absolute Gasteiger partial charge is 0.380 e. The number of aromatic nitrogens is 1. The Morgan fingerprint density at radius 2 is 1.72 bits per heavy atom. The highest BCUT2D eigenvalue weighted by molar-refractivity contribution is 7.89. The number of pyridine rings is 1. The number of primary amides is 1. The molecule has 0 spiro atoms. The molecular weight excluding hydrogens is 440 g/mol. The van der Waals surface area contributed by atoms with Crippen molar-refractivity contribution in [3.05, 3.63) is 77.5 Å². The highest BCUT2D eigenvalue weighted by Crippen LogP contribution is 2.24. The van der Waals surface area contributed by atoms with Crippen LogP contribution in [-0.2, 0) is 16.6 Å².